The van der Waals surface area contributed by atoms with Crippen LogP contribution in [0.1, 0.15) is 31.2 Å². The molecule has 0 saturated carbocycles. The monoisotopic (exact) mass is 788 g/mol. The second-order valence-corrected chi connectivity index (χ2v) is 11.0. The lowest BCUT2D eigenvalue weighted by Crippen LogP contribution is -2.08. The molecule has 0 saturated heterocycles. The maximum Gasteiger partial charge on any atom is 0.324 e. The Kier molecular flexibility index (Phi) is 16.5. The summed E-state index contributed by atoms with van der Waals surface area (Å²) in [7, 11) is 3.91. The predicted molar refractivity (Wildman–Crippen MR) is 160 cm³/mol. The topological polar surface area (TPSA) is 78.9 Å². The molecule has 3 aromatic carbocycles. The fourth-order valence-corrected chi connectivity index (χ4v) is 4.91. The summed E-state index contributed by atoms with van der Waals surface area (Å²) in [4.78, 5) is 31.6. The van der Waals surface area contributed by atoms with Gasteiger partial charge in [-0.2, -0.15) is 0 Å². The molecule has 40 heavy (non-hydrogen) atoms. The number of rotatable bonds is 6. The first-order valence-electron chi connectivity index (χ1n) is 11.0. The molecule has 0 heterocycles. The van der Waals surface area contributed by atoms with Crippen LogP contribution < -0.4 is 0 Å². The van der Waals surface area contributed by atoms with E-state index in [9.17, 15) is 23.2 Å². The maximum atomic E-state index is 12.7. The van der Waals surface area contributed by atoms with Gasteiger partial charge in [0.25, 0.3) is 0 Å². The van der Waals surface area contributed by atoms with Crippen LogP contribution in [0.5, 0.6) is 0 Å². The number of carbonyl (C=O) groups is 3. The van der Waals surface area contributed by atoms with E-state index in [0.717, 1.165) is 0 Å². The molecule has 0 N–H and O–H groups in total. The molecule has 3 aromatic rings. The molecule has 6 nitrogen and oxygen atoms in total. The van der Waals surface area contributed by atoms with Crippen LogP contribution in [0.4, 0.5) is 8.78 Å². The van der Waals surface area contributed by atoms with Gasteiger partial charge in [0.15, 0.2) is 0 Å². The smallest absolute Gasteiger partial charge is 0.324 e. The van der Waals surface area contributed by atoms with Gasteiger partial charge in [0, 0.05) is 10.0 Å². The largest absolute Gasteiger partial charge is 0.468 e. The molecule has 0 bridgehead atoms. The predicted octanol–water partition coefficient (Wildman–Crippen LogP) is 8.47. The summed E-state index contributed by atoms with van der Waals surface area (Å²) >= 11 is 21.1. The molecule has 0 amide bonds. The van der Waals surface area contributed by atoms with E-state index in [-0.39, 0.29) is 11.6 Å². The summed E-state index contributed by atoms with van der Waals surface area (Å²) in [5.41, 5.74) is 1.86. The molecule has 3 rings (SSSR count). The van der Waals surface area contributed by atoms with E-state index < -0.39 is 32.4 Å². The third-order valence-electron chi connectivity index (χ3n) is 4.76. The van der Waals surface area contributed by atoms with E-state index >= 15 is 0 Å². The van der Waals surface area contributed by atoms with E-state index in [1.807, 2.05) is 0 Å². The number of benzene rings is 3. The number of hydrogen-bond donors (Lipinski definition) is 0. The molecule has 0 spiro atoms. The minimum Gasteiger partial charge on any atom is -0.468 e. The fraction of sp³-hybridized carbons (Fsp3) is 0.222. The van der Waals surface area contributed by atoms with Crippen molar-refractivity contribution >= 4 is 88.9 Å². The zero-order chi connectivity index (χ0) is 30.4. The quantitative estimate of drug-likeness (QED) is 0.142. The number of ether oxygens (including phenoxy) is 3. The molecule has 3 atom stereocenters. The highest BCUT2D eigenvalue weighted by Gasteiger charge is 2.20. The Labute approximate surface area is 265 Å². The highest BCUT2D eigenvalue weighted by molar-refractivity contribution is 9.10. The molecule has 216 valence electrons. The number of carbonyl (C=O) groups excluding carboxylic acids is 3. The molecule has 3 unspecified atom stereocenters. The summed E-state index contributed by atoms with van der Waals surface area (Å²) in [5.74, 6) is -1.93. The van der Waals surface area contributed by atoms with Crippen molar-refractivity contribution in [2.24, 2.45) is 0 Å². The second kappa shape index (κ2) is 18.4. The second-order valence-electron chi connectivity index (χ2n) is 7.43. The molecule has 0 aliphatic heterocycles. The Morgan fingerprint density at radius 3 is 1.62 bits per heavy atom. The number of halogens is 7. The Balaban J connectivity index is 0.000000300. The normalized spacial score (nSPS) is 12.2. The summed E-state index contributed by atoms with van der Waals surface area (Å²) in [5, 5.41) is 0.966. The van der Waals surface area contributed by atoms with Crippen molar-refractivity contribution in [1.82, 2.24) is 0 Å². The zero-order valence-electron chi connectivity index (χ0n) is 21.2. The average molecular weight is 792 g/mol. The van der Waals surface area contributed by atoms with E-state index in [1.54, 1.807) is 30.3 Å². The Hall–Kier alpha value is -2.05. The van der Waals surface area contributed by atoms with E-state index in [0.29, 0.717) is 26.7 Å². The Morgan fingerprint density at radius 2 is 1.15 bits per heavy atom. The van der Waals surface area contributed by atoms with E-state index in [1.165, 1.54) is 57.7 Å². The maximum absolute atomic E-state index is 12.7. The van der Waals surface area contributed by atoms with Crippen LogP contribution in [0, 0.1) is 11.6 Å². The van der Waals surface area contributed by atoms with Gasteiger partial charge in [0.05, 0.1) is 21.3 Å². The lowest BCUT2D eigenvalue weighted by Gasteiger charge is -2.09. The first-order chi connectivity index (χ1) is 18.9. The van der Waals surface area contributed by atoms with Gasteiger partial charge in [0.2, 0.25) is 0 Å². The highest BCUT2D eigenvalue weighted by atomic mass is 79.9. The van der Waals surface area contributed by atoms with Crippen molar-refractivity contribution in [1.29, 1.82) is 0 Å². The Bertz CT molecular complexity index is 1280. The average Bonchev–Trinajstić information content (AvgIpc) is 2.95. The van der Waals surface area contributed by atoms with Gasteiger partial charge >= 0.3 is 17.9 Å². The number of esters is 3. The first kappa shape index (κ1) is 36.0. The van der Waals surface area contributed by atoms with E-state index in [4.69, 9.17) is 23.2 Å². The molecule has 0 fully saturated rings. The van der Waals surface area contributed by atoms with Crippen LogP contribution in [-0.2, 0) is 28.6 Å². The third kappa shape index (κ3) is 11.8. The van der Waals surface area contributed by atoms with Crippen molar-refractivity contribution in [3.8, 4) is 0 Å². The van der Waals surface area contributed by atoms with Crippen molar-refractivity contribution in [3.05, 3.63) is 105 Å². The molecule has 13 heteroatoms. The van der Waals surface area contributed by atoms with Crippen LogP contribution in [-0.4, -0.2) is 39.2 Å². The minimum absolute atomic E-state index is 0.326. The first-order valence-corrected chi connectivity index (χ1v) is 14.5. The van der Waals surface area contributed by atoms with Gasteiger partial charge < -0.3 is 14.2 Å². The van der Waals surface area contributed by atoms with Crippen molar-refractivity contribution in [2.45, 2.75) is 14.5 Å². The molecule has 0 aliphatic carbocycles. The van der Waals surface area contributed by atoms with Gasteiger partial charge in [-0.3, -0.25) is 14.4 Å². The lowest BCUT2D eigenvalue weighted by atomic mass is 10.1. The van der Waals surface area contributed by atoms with Crippen LogP contribution in [0.2, 0.25) is 10.0 Å². The SMILES string of the molecule is COC(=O)C(Br)c1ccc(Cl)cc1Cl.COC(=O)C(Br)c1ccc(F)cc1.COC(=O)C(Br)c1cccc(F)c1. The fourth-order valence-electron chi connectivity index (χ4n) is 2.71. The van der Waals surface area contributed by atoms with Gasteiger partial charge in [-0.15, -0.1) is 0 Å². The number of hydrogen-bond acceptors (Lipinski definition) is 6. The van der Waals surface area contributed by atoms with Crippen molar-refractivity contribution in [3.63, 3.8) is 0 Å². The lowest BCUT2D eigenvalue weighted by molar-refractivity contribution is -0.140. The number of methoxy groups -OCH3 is 3. The van der Waals surface area contributed by atoms with Crippen LogP contribution in [0.15, 0.2) is 66.7 Å². The van der Waals surface area contributed by atoms with Gasteiger partial charge in [-0.05, 0) is 53.1 Å². The molecule has 0 radical (unpaired) electrons. The third-order valence-corrected chi connectivity index (χ3v) is 8.00. The van der Waals surface area contributed by atoms with Crippen molar-refractivity contribution < 1.29 is 37.4 Å². The Morgan fingerprint density at radius 1 is 0.650 bits per heavy atom. The van der Waals surface area contributed by atoms with Crippen LogP contribution in [0.3, 0.4) is 0 Å². The highest BCUT2D eigenvalue weighted by Crippen LogP contribution is 2.32. The van der Waals surface area contributed by atoms with Crippen molar-refractivity contribution in [2.75, 3.05) is 21.3 Å². The van der Waals surface area contributed by atoms with Crippen LogP contribution in [0.25, 0.3) is 0 Å². The number of alkyl halides is 3. The van der Waals surface area contributed by atoms with Crippen LogP contribution >= 0.6 is 71.0 Å². The molecular weight excluding hydrogens is 769 g/mol. The molecule has 0 aliphatic rings. The molecule has 0 aromatic heterocycles. The summed E-state index contributed by atoms with van der Waals surface area (Å²) in [6.07, 6.45) is 0. The zero-order valence-corrected chi connectivity index (χ0v) is 27.4. The minimum atomic E-state index is -0.604. The van der Waals surface area contributed by atoms with Gasteiger partial charge in [-0.25, -0.2) is 8.78 Å². The summed E-state index contributed by atoms with van der Waals surface area (Å²) in [6, 6.07) is 16.4. The standard InChI is InChI=1S/C9H7BrCl2O2.2C9H8BrFO2/c1-14-9(13)8(10)6-3-2-5(11)4-7(6)12;1-13-9(12)8(10)6-2-4-7(11)5-3-6;1-13-9(12)8(10)6-3-2-4-7(11)5-6/h2-4,8H,1H3;2*2-5,8H,1H3. The summed E-state index contributed by atoms with van der Waals surface area (Å²) in [6.45, 7) is 0. The van der Waals surface area contributed by atoms with Gasteiger partial charge in [0.1, 0.15) is 26.1 Å². The van der Waals surface area contributed by atoms with E-state index in [2.05, 4.69) is 62.0 Å². The van der Waals surface area contributed by atoms with Gasteiger partial charge in [-0.1, -0.05) is 101 Å². The summed E-state index contributed by atoms with van der Waals surface area (Å²) < 4.78 is 38.8. The molecular formula is C27H23Br3Cl2F2O6.